The number of hydrogen-bond donors (Lipinski definition) is 1. The highest BCUT2D eigenvalue weighted by Gasteiger charge is 2.06. The summed E-state index contributed by atoms with van der Waals surface area (Å²) in [6.45, 7) is 3.25. The van der Waals surface area contributed by atoms with Crippen LogP contribution in [0.1, 0.15) is 16.7 Å². The first-order chi connectivity index (χ1) is 8.18. The quantitative estimate of drug-likeness (QED) is 0.880. The monoisotopic (exact) mass is 269 g/mol. The Morgan fingerprint density at radius 3 is 2.76 bits per heavy atom. The molecule has 17 heavy (non-hydrogen) atoms. The Labute approximate surface area is 109 Å². The van der Waals surface area contributed by atoms with Crippen LogP contribution < -0.4 is 5.32 Å². The molecule has 0 fully saturated rings. The van der Waals surface area contributed by atoms with Crippen LogP contribution in [0, 0.1) is 12.7 Å². The van der Waals surface area contributed by atoms with Gasteiger partial charge in [0.25, 0.3) is 0 Å². The molecule has 0 bridgehead atoms. The molecule has 0 radical (unpaired) electrons. The molecule has 0 amide bonds. The summed E-state index contributed by atoms with van der Waals surface area (Å²) in [6.07, 6.45) is 0. The van der Waals surface area contributed by atoms with Crippen molar-refractivity contribution in [2.24, 2.45) is 0 Å². The molecule has 0 unspecified atom stereocenters. The average molecular weight is 270 g/mol. The second-order valence-electron chi connectivity index (χ2n) is 3.88. The maximum atomic E-state index is 13.5. The molecule has 0 spiro atoms. The van der Waals surface area contributed by atoms with E-state index < -0.39 is 0 Å². The van der Waals surface area contributed by atoms with Crippen molar-refractivity contribution in [2.75, 3.05) is 0 Å². The van der Waals surface area contributed by atoms with Gasteiger partial charge in [-0.25, -0.2) is 4.39 Å². The molecule has 1 nitrogen and oxygen atoms in total. The fourth-order valence-electron chi connectivity index (χ4n) is 1.59. The van der Waals surface area contributed by atoms with Crippen LogP contribution in [0.4, 0.5) is 4.39 Å². The number of benzene rings is 1. The number of aryl methyl sites for hydroxylation is 1. The maximum Gasteiger partial charge on any atom is 0.129 e. The fraction of sp³-hybridized carbons (Fsp3) is 0.231. The predicted molar refractivity (Wildman–Crippen MR) is 71.0 cm³/mol. The average Bonchev–Trinajstić information content (AvgIpc) is 2.69. The van der Waals surface area contributed by atoms with Crippen molar-refractivity contribution in [1.82, 2.24) is 5.32 Å². The number of nitrogens with one attached hydrogen (secondary N) is 1. The summed E-state index contributed by atoms with van der Waals surface area (Å²) in [7, 11) is 0. The van der Waals surface area contributed by atoms with Crippen molar-refractivity contribution in [3.8, 4) is 0 Å². The third-order valence-electron chi connectivity index (χ3n) is 2.64. The Hall–Kier alpha value is -0.900. The SMILES string of the molecule is Cc1cscc1CNCc1c(F)cccc1Cl. The molecule has 0 aliphatic heterocycles. The minimum absolute atomic E-state index is 0.257. The summed E-state index contributed by atoms with van der Waals surface area (Å²) in [6, 6.07) is 4.75. The number of halogens is 2. The Bertz CT molecular complexity index is 490. The van der Waals surface area contributed by atoms with Gasteiger partial charge < -0.3 is 5.32 Å². The van der Waals surface area contributed by atoms with Crippen molar-refractivity contribution in [3.63, 3.8) is 0 Å². The van der Waals surface area contributed by atoms with Crippen LogP contribution in [0.25, 0.3) is 0 Å². The number of rotatable bonds is 4. The van der Waals surface area contributed by atoms with Crippen LogP contribution in [0.15, 0.2) is 29.0 Å². The lowest BCUT2D eigenvalue weighted by atomic mass is 10.2. The fourth-order valence-corrected chi connectivity index (χ4v) is 2.68. The minimum Gasteiger partial charge on any atom is -0.308 e. The van der Waals surface area contributed by atoms with E-state index in [1.807, 2.05) is 0 Å². The van der Waals surface area contributed by atoms with E-state index in [9.17, 15) is 4.39 Å². The van der Waals surface area contributed by atoms with Gasteiger partial charge in [-0.1, -0.05) is 17.7 Å². The van der Waals surface area contributed by atoms with Crippen LogP contribution in [0.3, 0.4) is 0 Å². The molecule has 2 aromatic rings. The molecule has 90 valence electrons. The molecule has 0 atom stereocenters. The van der Waals surface area contributed by atoms with Crippen LogP contribution in [0.2, 0.25) is 5.02 Å². The van der Waals surface area contributed by atoms with Crippen molar-refractivity contribution in [3.05, 3.63) is 56.5 Å². The van der Waals surface area contributed by atoms with Gasteiger partial charge in [-0.05, 0) is 40.9 Å². The van der Waals surface area contributed by atoms with E-state index in [-0.39, 0.29) is 5.82 Å². The van der Waals surface area contributed by atoms with E-state index in [4.69, 9.17) is 11.6 Å². The molecule has 0 saturated heterocycles. The summed E-state index contributed by atoms with van der Waals surface area (Å²) >= 11 is 7.62. The second kappa shape index (κ2) is 5.63. The lowest BCUT2D eigenvalue weighted by Crippen LogP contribution is -2.14. The highest BCUT2D eigenvalue weighted by molar-refractivity contribution is 7.08. The lowest BCUT2D eigenvalue weighted by molar-refractivity contribution is 0.588. The molecule has 0 aliphatic rings. The number of hydrogen-bond acceptors (Lipinski definition) is 2. The third-order valence-corrected chi connectivity index (χ3v) is 3.90. The molecular formula is C13H13ClFNS. The van der Waals surface area contributed by atoms with Crippen LogP contribution >= 0.6 is 22.9 Å². The zero-order valence-electron chi connectivity index (χ0n) is 9.47. The maximum absolute atomic E-state index is 13.5. The lowest BCUT2D eigenvalue weighted by Gasteiger charge is -2.07. The van der Waals surface area contributed by atoms with Crippen molar-refractivity contribution < 1.29 is 4.39 Å². The second-order valence-corrected chi connectivity index (χ2v) is 5.03. The first-order valence-electron chi connectivity index (χ1n) is 5.33. The Balaban J connectivity index is 1.97. The molecule has 0 aliphatic carbocycles. The molecule has 1 N–H and O–H groups in total. The van der Waals surface area contributed by atoms with Gasteiger partial charge in [-0.2, -0.15) is 11.3 Å². The van der Waals surface area contributed by atoms with Crippen LogP contribution in [-0.2, 0) is 13.1 Å². The van der Waals surface area contributed by atoms with Gasteiger partial charge in [0.2, 0.25) is 0 Å². The highest BCUT2D eigenvalue weighted by atomic mass is 35.5. The van der Waals surface area contributed by atoms with Gasteiger partial charge in [-0.15, -0.1) is 0 Å². The molecule has 1 aromatic heterocycles. The smallest absolute Gasteiger partial charge is 0.129 e. The van der Waals surface area contributed by atoms with E-state index in [2.05, 4.69) is 23.0 Å². The normalized spacial score (nSPS) is 10.8. The van der Waals surface area contributed by atoms with Crippen molar-refractivity contribution in [1.29, 1.82) is 0 Å². The largest absolute Gasteiger partial charge is 0.308 e. The zero-order chi connectivity index (χ0) is 12.3. The van der Waals surface area contributed by atoms with Crippen LogP contribution in [0.5, 0.6) is 0 Å². The summed E-state index contributed by atoms with van der Waals surface area (Å²) in [5.41, 5.74) is 3.05. The van der Waals surface area contributed by atoms with Gasteiger partial charge in [0.1, 0.15) is 5.82 Å². The van der Waals surface area contributed by atoms with Crippen molar-refractivity contribution in [2.45, 2.75) is 20.0 Å². The van der Waals surface area contributed by atoms with Gasteiger partial charge in [0.05, 0.1) is 0 Å². The molecule has 4 heteroatoms. The standard InChI is InChI=1S/C13H13ClFNS/c1-9-7-17-8-10(9)5-16-6-11-12(14)3-2-4-13(11)15/h2-4,7-8,16H,5-6H2,1H3. The zero-order valence-corrected chi connectivity index (χ0v) is 11.0. The molecular weight excluding hydrogens is 257 g/mol. The Morgan fingerprint density at radius 1 is 1.29 bits per heavy atom. The van der Waals surface area contributed by atoms with E-state index in [1.54, 1.807) is 23.5 Å². The Kier molecular flexibility index (Phi) is 4.15. The van der Waals surface area contributed by atoms with Gasteiger partial charge in [-0.3, -0.25) is 0 Å². The van der Waals surface area contributed by atoms with E-state index in [1.165, 1.54) is 17.2 Å². The first-order valence-corrected chi connectivity index (χ1v) is 6.66. The van der Waals surface area contributed by atoms with E-state index in [0.29, 0.717) is 17.1 Å². The summed E-state index contributed by atoms with van der Waals surface area (Å²) in [5, 5.41) is 7.89. The van der Waals surface area contributed by atoms with Gasteiger partial charge in [0.15, 0.2) is 0 Å². The summed E-state index contributed by atoms with van der Waals surface area (Å²) < 4.78 is 13.5. The topological polar surface area (TPSA) is 12.0 Å². The molecule has 0 saturated carbocycles. The minimum atomic E-state index is -0.257. The summed E-state index contributed by atoms with van der Waals surface area (Å²) in [4.78, 5) is 0. The molecule has 1 aromatic carbocycles. The first kappa shape index (κ1) is 12.6. The van der Waals surface area contributed by atoms with Gasteiger partial charge >= 0.3 is 0 Å². The summed E-state index contributed by atoms with van der Waals surface area (Å²) in [5.74, 6) is -0.257. The molecule has 2 rings (SSSR count). The van der Waals surface area contributed by atoms with Gasteiger partial charge in [0, 0.05) is 23.7 Å². The highest BCUT2D eigenvalue weighted by Crippen LogP contribution is 2.19. The van der Waals surface area contributed by atoms with Crippen molar-refractivity contribution >= 4 is 22.9 Å². The predicted octanol–water partition coefficient (Wildman–Crippen LogP) is 4.14. The van der Waals surface area contributed by atoms with E-state index in [0.717, 1.165) is 6.54 Å². The molecule has 1 heterocycles. The number of thiophene rings is 1. The Morgan fingerprint density at radius 2 is 2.12 bits per heavy atom. The van der Waals surface area contributed by atoms with Crippen LogP contribution in [-0.4, -0.2) is 0 Å². The third kappa shape index (κ3) is 3.06. The van der Waals surface area contributed by atoms with E-state index >= 15 is 0 Å².